The van der Waals surface area contributed by atoms with Gasteiger partial charge in [0, 0.05) is 26.5 Å². The van der Waals surface area contributed by atoms with Gasteiger partial charge < -0.3 is 15.8 Å². The molecule has 1 aromatic rings. The molecule has 0 radical (unpaired) electrons. The fourth-order valence-corrected chi connectivity index (χ4v) is 1.30. The number of ether oxygens (including phenoxy) is 1. The van der Waals surface area contributed by atoms with E-state index in [9.17, 15) is 14.4 Å². The lowest BCUT2D eigenvalue weighted by atomic mass is 10.4. The zero-order chi connectivity index (χ0) is 13.5. The van der Waals surface area contributed by atoms with Gasteiger partial charge in [0.15, 0.2) is 0 Å². The molecule has 0 aliphatic heterocycles. The van der Waals surface area contributed by atoms with Crippen LogP contribution in [0.15, 0.2) is 15.8 Å². The molecule has 100 valence electrons. The van der Waals surface area contributed by atoms with Gasteiger partial charge in [0.05, 0.1) is 0 Å². The van der Waals surface area contributed by atoms with Crippen LogP contribution in [0.25, 0.3) is 0 Å². The van der Waals surface area contributed by atoms with Crippen LogP contribution in [-0.2, 0) is 16.1 Å². The second kappa shape index (κ2) is 6.60. The molecular weight excluding hydrogens is 240 g/mol. The molecule has 0 spiro atoms. The van der Waals surface area contributed by atoms with Gasteiger partial charge in [0.2, 0.25) is 5.91 Å². The number of hydrogen-bond donors (Lipinski definition) is 3. The number of methoxy groups -OCH3 is 1. The number of rotatable bonds is 6. The summed E-state index contributed by atoms with van der Waals surface area (Å²) >= 11 is 0. The lowest BCUT2D eigenvalue weighted by molar-refractivity contribution is -0.121. The number of nitrogens with one attached hydrogen (secondary N) is 2. The van der Waals surface area contributed by atoms with Crippen molar-refractivity contribution in [3.8, 4) is 0 Å². The summed E-state index contributed by atoms with van der Waals surface area (Å²) in [4.78, 5) is 35.9. The molecule has 1 heterocycles. The number of H-pyrrole nitrogens is 1. The van der Waals surface area contributed by atoms with Crippen molar-refractivity contribution < 1.29 is 9.53 Å². The Balaban J connectivity index is 2.57. The number of carbonyl (C=O) groups is 1. The zero-order valence-electron chi connectivity index (χ0n) is 10.1. The van der Waals surface area contributed by atoms with Gasteiger partial charge in [-0.2, -0.15) is 0 Å². The topological polar surface area (TPSA) is 119 Å². The Morgan fingerprint density at radius 3 is 2.94 bits per heavy atom. The molecule has 1 rings (SSSR count). The predicted molar refractivity (Wildman–Crippen MR) is 65.2 cm³/mol. The third-order valence-corrected chi connectivity index (χ3v) is 2.20. The van der Waals surface area contributed by atoms with Gasteiger partial charge in [0.25, 0.3) is 5.56 Å². The minimum Gasteiger partial charge on any atom is -0.393 e. The number of amides is 1. The summed E-state index contributed by atoms with van der Waals surface area (Å²) in [6, 6.07) is 0. The molecule has 0 aromatic carbocycles. The number of nitrogen functional groups attached to an aromatic ring is 1. The van der Waals surface area contributed by atoms with E-state index in [1.54, 1.807) is 7.11 Å². The molecule has 18 heavy (non-hydrogen) atoms. The number of nitrogens with two attached hydrogens (primary N) is 1. The lowest BCUT2D eigenvalue weighted by Crippen LogP contribution is -2.36. The number of carbonyl (C=O) groups excluding carboxylic acids is 1. The minimum atomic E-state index is -0.666. The van der Waals surface area contributed by atoms with Gasteiger partial charge in [-0.05, 0) is 6.42 Å². The summed E-state index contributed by atoms with van der Waals surface area (Å²) in [6.45, 7) is 0.818. The Morgan fingerprint density at radius 1 is 1.56 bits per heavy atom. The highest BCUT2D eigenvalue weighted by Gasteiger charge is 2.06. The SMILES string of the molecule is COCCCNC(=O)Cn1cc(N)c(=O)[nH]c1=O. The number of nitrogens with zero attached hydrogens (tertiary/aromatic N) is 1. The van der Waals surface area contributed by atoms with E-state index in [1.807, 2.05) is 4.98 Å². The van der Waals surface area contributed by atoms with E-state index >= 15 is 0 Å². The number of anilines is 1. The van der Waals surface area contributed by atoms with E-state index in [1.165, 1.54) is 0 Å². The molecule has 0 unspecified atom stereocenters. The molecule has 0 saturated carbocycles. The fraction of sp³-hybridized carbons (Fsp3) is 0.500. The fourth-order valence-electron chi connectivity index (χ4n) is 1.30. The Bertz CT molecular complexity index is 519. The molecule has 0 aliphatic rings. The van der Waals surface area contributed by atoms with E-state index in [4.69, 9.17) is 10.5 Å². The van der Waals surface area contributed by atoms with Gasteiger partial charge in [-0.15, -0.1) is 0 Å². The van der Waals surface area contributed by atoms with Crippen LogP contribution in [0.5, 0.6) is 0 Å². The maximum atomic E-state index is 11.5. The van der Waals surface area contributed by atoms with Gasteiger partial charge in [-0.3, -0.25) is 19.1 Å². The first-order valence-corrected chi connectivity index (χ1v) is 5.39. The summed E-state index contributed by atoms with van der Waals surface area (Å²) < 4.78 is 5.87. The first kappa shape index (κ1) is 14.0. The van der Waals surface area contributed by atoms with Gasteiger partial charge in [-0.1, -0.05) is 0 Å². The van der Waals surface area contributed by atoms with Crippen molar-refractivity contribution in [2.45, 2.75) is 13.0 Å². The summed E-state index contributed by atoms with van der Waals surface area (Å²) in [5.41, 5.74) is 3.92. The van der Waals surface area contributed by atoms with Gasteiger partial charge in [0.1, 0.15) is 12.2 Å². The standard InChI is InChI=1S/C10H16N4O4/c1-18-4-2-3-12-8(15)6-14-5-7(11)9(16)13-10(14)17/h5H,2-4,6,11H2,1H3,(H,12,15)(H,13,16,17). The third kappa shape index (κ3) is 4.06. The zero-order valence-corrected chi connectivity index (χ0v) is 10.1. The molecule has 1 amide bonds. The quantitative estimate of drug-likeness (QED) is 0.522. The van der Waals surface area contributed by atoms with Crippen LogP contribution in [0.2, 0.25) is 0 Å². The molecule has 0 aliphatic carbocycles. The van der Waals surface area contributed by atoms with Crippen LogP contribution in [0, 0.1) is 0 Å². The summed E-state index contributed by atoms with van der Waals surface area (Å²) in [5, 5.41) is 2.62. The molecule has 4 N–H and O–H groups in total. The molecule has 0 atom stereocenters. The van der Waals surface area contributed by atoms with Crippen molar-refractivity contribution in [3.63, 3.8) is 0 Å². The average Bonchev–Trinajstić information content (AvgIpc) is 2.32. The van der Waals surface area contributed by atoms with Crippen molar-refractivity contribution in [1.82, 2.24) is 14.9 Å². The molecule has 8 nitrogen and oxygen atoms in total. The minimum absolute atomic E-state index is 0.109. The van der Waals surface area contributed by atoms with E-state index in [2.05, 4.69) is 5.32 Å². The van der Waals surface area contributed by atoms with Gasteiger partial charge >= 0.3 is 5.69 Å². The monoisotopic (exact) mass is 256 g/mol. The highest BCUT2D eigenvalue weighted by molar-refractivity contribution is 5.75. The van der Waals surface area contributed by atoms with Crippen LogP contribution in [0.3, 0.4) is 0 Å². The first-order chi connectivity index (χ1) is 8.54. The Kier molecular flexibility index (Phi) is 5.12. The Morgan fingerprint density at radius 2 is 2.28 bits per heavy atom. The molecule has 0 bridgehead atoms. The molecular formula is C10H16N4O4. The predicted octanol–water partition coefficient (Wildman–Crippen LogP) is -1.73. The van der Waals surface area contributed by atoms with Crippen molar-refractivity contribution in [2.24, 2.45) is 0 Å². The Hall–Kier alpha value is -2.09. The van der Waals surface area contributed by atoms with Crippen molar-refractivity contribution >= 4 is 11.6 Å². The Labute approximate surface area is 103 Å². The van der Waals surface area contributed by atoms with E-state index in [0.29, 0.717) is 19.6 Å². The third-order valence-electron chi connectivity index (χ3n) is 2.20. The highest BCUT2D eigenvalue weighted by Crippen LogP contribution is 1.87. The van der Waals surface area contributed by atoms with E-state index in [0.717, 1.165) is 10.8 Å². The highest BCUT2D eigenvalue weighted by atomic mass is 16.5. The lowest BCUT2D eigenvalue weighted by Gasteiger charge is -2.07. The summed E-state index contributed by atoms with van der Waals surface area (Å²) in [6.07, 6.45) is 1.83. The first-order valence-electron chi connectivity index (χ1n) is 5.39. The van der Waals surface area contributed by atoms with Crippen molar-refractivity contribution in [2.75, 3.05) is 26.0 Å². The van der Waals surface area contributed by atoms with E-state index in [-0.39, 0.29) is 18.1 Å². The van der Waals surface area contributed by atoms with Crippen molar-refractivity contribution in [3.05, 3.63) is 27.0 Å². The molecule has 8 heteroatoms. The maximum Gasteiger partial charge on any atom is 0.328 e. The summed E-state index contributed by atoms with van der Waals surface area (Å²) in [7, 11) is 1.57. The number of aromatic amines is 1. The van der Waals surface area contributed by atoms with E-state index < -0.39 is 11.2 Å². The smallest absolute Gasteiger partial charge is 0.328 e. The average molecular weight is 256 g/mol. The largest absolute Gasteiger partial charge is 0.393 e. The van der Waals surface area contributed by atoms with Crippen molar-refractivity contribution in [1.29, 1.82) is 0 Å². The second-order valence-electron chi connectivity index (χ2n) is 3.67. The van der Waals surface area contributed by atoms with Crippen LogP contribution in [-0.4, -0.2) is 35.7 Å². The normalized spacial score (nSPS) is 10.3. The molecule has 0 fully saturated rings. The second-order valence-corrected chi connectivity index (χ2v) is 3.67. The van der Waals surface area contributed by atoms with Crippen LogP contribution >= 0.6 is 0 Å². The summed E-state index contributed by atoms with van der Waals surface area (Å²) in [5.74, 6) is -0.334. The maximum absolute atomic E-state index is 11.5. The number of hydrogen-bond acceptors (Lipinski definition) is 5. The van der Waals surface area contributed by atoms with Crippen LogP contribution in [0.4, 0.5) is 5.69 Å². The van der Waals surface area contributed by atoms with Crippen LogP contribution < -0.4 is 22.3 Å². The van der Waals surface area contributed by atoms with Crippen LogP contribution in [0.1, 0.15) is 6.42 Å². The molecule has 0 saturated heterocycles. The van der Waals surface area contributed by atoms with Gasteiger partial charge in [-0.25, -0.2) is 4.79 Å². The number of aromatic nitrogens is 2. The molecule has 1 aromatic heterocycles.